The summed E-state index contributed by atoms with van der Waals surface area (Å²) in [6.45, 7) is 6.08. The molecular formula is C15H18N4O4S. The highest BCUT2D eigenvalue weighted by atomic mass is 32.2. The Bertz CT molecular complexity index is 770. The molecule has 1 fully saturated rings. The topological polar surface area (TPSA) is 105 Å². The number of hydrogen-bond acceptors (Lipinski definition) is 5. The second-order valence-corrected chi connectivity index (χ2v) is 6.86. The van der Waals surface area contributed by atoms with E-state index in [0.717, 1.165) is 5.69 Å². The molecule has 1 aromatic rings. The summed E-state index contributed by atoms with van der Waals surface area (Å²) in [7, 11) is 0. The Hall–Kier alpha value is -2.29. The number of rotatable bonds is 4. The highest BCUT2D eigenvalue weighted by Gasteiger charge is 2.53. The van der Waals surface area contributed by atoms with Crippen LogP contribution < -0.4 is 5.32 Å². The summed E-state index contributed by atoms with van der Waals surface area (Å²) in [6, 6.07) is -0.714. The van der Waals surface area contributed by atoms with E-state index in [-0.39, 0.29) is 17.0 Å². The number of carbonyl (C=O) groups excluding carboxylic acids is 2. The SMILES string of the molecule is CCn1ncc(C(=O)N[C@@H]2C(=O)N3C(C(=O)O)=C(C)CS[C@@H]23)c1C. The van der Waals surface area contributed by atoms with Crippen LogP contribution in [0.5, 0.6) is 0 Å². The predicted octanol–water partition coefficient (Wildman–Crippen LogP) is 0.584. The average molecular weight is 350 g/mol. The van der Waals surface area contributed by atoms with E-state index in [1.807, 2.05) is 6.92 Å². The highest BCUT2D eigenvalue weighted by molar-refractivity contribution is 8.00. The number of aryl methyl sites for hydroxylation is 1. The van der Waals surface area contributed by atoms with Crippen molar-refractivity contribution >= 4 is 29.5 Å². The minimum atomic E-state index is -1.11. The predicted molar refractivity (Wildman–Crippen MR) is 87.3 cm³/mol. The zero-order valence-electron chi connectivity index (χ0n) is 13.6. The number of nitrogens with zero attached hydrogens (tertiary/aromatic N) is 3. The first-order valence-electron chi connectivity index (χ1n) is 7.57. The van der Waals surface area contributed by atoms with E-state index in [0.29, 0.717) is 23.4 Å². The molecule has 3 heterocycles. The van der Waals surface area contributed by atoms with Crippen molar-refractivity contribution in [2.24, 2.45) is 0 Å². The third-order valence-electron chi connectivity index (χ3n) is 4.30. The van der Waals surface area contributed by atoms with Gasteiger partial charge < -0.3 is 10.4 Å². The zero-order chi connectivity index (χ0) is 17.6. The van der Waals surface area contributed by atoms with Crippen molar-refractivity contribution in [2.45, 2.75) is 38.7 Å². The van der Waals surface area contributed by atoms with Gasteiger partial charge in [-0.05, 0) is 26.3 Å². The van der Waals surface area contributed by atoms with Crippen LogP contribution in [0.15, 0.2) is 17.5 Å². The van der Waals surface area contributed by atoms with Gasteiger partial charge in [0.1, 0.15) is 17.1 Å². The number of fused-ring (bicyclic) bond motifs is 1. The molecule has 9 heteroatoms. The summed E-state index contributed by atoms with van der Waals surface area (Å²) in [5.41, 5.74) is 1.84. The first-order chi connectivity index (χ1) is 11.4. The maximum absolute atomic E-state index is 12.4. The number of carbonyl (C=O) groups is 3. The standard InChI is InChI=1S/C15H18N4O4S/c1-4-18-8(3)9(5-16-18)12(20)17-10-13(21)19-11(15(22)23)7(2)6-24-14(10)19/h5,10,14H,4,6H2,1-3H3,(H,17,20)(H,22,23)/t10-,14+/m1/s1. The summed E-state index contributed by atoms with van der Waals surface area (Å²) < 4.78 is 1.70. The zero-order valence-corrected chi connectivity index (χ0v) is 14.4. The van der Waals surface area contributed by atoms with Gasteiger partial charge in [0, 0.05) is 18.0 Å². The summed E-state index contributed by atoms with van der Waals surface area (Å²) in [4.78, 5) is 37.4. The molecule has 0 spiro atoms. The number of aliphatic carboxylic acids is 1. The van der Waals surface area contributed by atoms with Gasteiger partial charge in [0.25, 0.3) is 11.8 Å². The molecule has 0 bridgehead atoms. The van der Waals surface area contributed by atoms with E-state index in [1.165, 1.54) is 22.9 Å². The Labute approximate surface area is 142 Å². The Kier molecular flexibility index (Phi) is 4.12. The van der Waals surface area contributed by atoms with Crippen LogP contribution in [0.3, 0.4) is 0 Å². The van der Waals surface area contributed by atoms with E-state index in [2.05, 4.69) is 10.4 Å². The molecule has 0 unspecified atom stereocenters. The molecule has 2 N–H and O–H groups in total. The molecule has 2 aliphatic rings. The third-order valence-corrected chi connectivity index (χ3v) is 5.72. The van der Waals surface area contributed by atoms with Crippen molar-refractivity contribution in [2.75, 3.05) is 5.75 Å². The van der Waals surface area contributed by atoms with Crippen LogP contribution in [0.25, 0.3) is 0 Å². The second-order valence-electron chi connectivity index (χ2n) is 5.75. The third kappa shape index (κ3) is 2.39. The molecule has 3 rings (SSSR count). The molecule has 0 radical (unpaired) electrons. The fraction of sp³-hybridized carbons (Fsp3) is 0.467. The molecule has 24 heavy (non-hydrogen) atoms. The minimum Gasteiger partial charge on any atom is -0.477 e. The van der Waals surface area contributed by atoms with E-state index in [9.17, 15) is 19.5 Å². The van der Waals surface area contributed by atoms with Crippen LogP contribution in [0.1, 0.15) is 29.9 Å². The second kappa shape index (κ2) is 5.97. The van der Waals surface area contributed by atoms with Gasteiger partial charge in [-0.2, -0.15) is 5.10 Å². The van der Waals surface area contributed by atoms with Gasteiger partial charge >= 0.3 is 5.97 Å². The number of aromatic nitrogens is 2. The lowest BCUT2D eigenvalue weighted by molar-refractivity contribution is -0.148. The Morgan fingerprint density at radius 1 is 1.46 bits per heavy atom. The Balaban J connectivity index is 1.77. The fourth-order valence-corrected chi connectivity index (χ4v) is 4.28. The van der Waals surface area contributed by atoms with Gasteiger partial charge in [-0.1, -0.05) is 0 Å². The van der Waals surface area contributed by atoms with Crippen LogP contribution >= 0.6 is 11.8 Å². The molecule has 0 aromatic carbocycles. The van der Waals surface area contributed by atoms with Crippen LogP contribution in [-0.2, 0) is 16.1 Å². The smallest absolute Gasteiger partial charge is 0.352 e. The summed E-state index contributed by atoms with van der Waals surface area (Å²) in [5, 5.41) is 15.8. The molecule has 128 valence electrons. The molecular weight excluding hydrogens is 332 g/mol. The van der Waals surface area contributed by atoms with Crippen molar-refractivity contribution in [3.63, 3.8) is 0 Å². The monoisotopic (exact) mass is 350 g/mol. The normalized spacial score (nSPS) is 23.0. The molecule has 0 saturated carbocycles. The summed E-state index contributed by atoms with van der Waals surface area (Å²) >= 11 is 1.45. The lowest BCUT2D eigenvalue weighted by atomic mass is 10.0. The fourth-order valence-electron chi connectivity index (χ4n) is 2.98. The van der Waals surface area contributed by atoms with Crippen molar-refractivity contribution in [3.8, 4) is 0 Å². The van der Waals surface area contributed by atoms with Crippen LogP contribution in [0.2, 0.25) is 0 Å². The molecule has 8 nitrogen and oxygen atoms in total. The van der Waals surface area contributed by atoms with Gasteiger partial charge in [0.15, 0.2) is 0 Å². The van der Waals surface area contributed by atoms with Crippen molar-refractivity contribution in [1.82, 2.24) is 20.0 Å². The largest absolute Gasteiger partial charge is 0.477 e. The minimum absolute atomic E-state index is 0.0317. The van der Waals surface area contributed by atoms with Gasteiger partial charge in [0.05, 0.1) is 11.8 Å². The van der Waals surface area contributed by atoms with Crippen LogP contribution in [0, 0.1) is 6.92 Å². The van der Waals surface area contributed by atoms with E-state index < -0.39 is 17.9 Å². The number of carboxylic acids is 1. The summed E-state index contributed by atoms with van der Waals surface area (Å²) in [6.07, 6.45) is 1.48. The molecule has 0 aliphatic carbocycles. The molecule has 1 aromatic heterocycles. The summed E-state index contributed by atoms with van der Waals surface area (Å²) in [5.74, 6) is -1.35. The van der Waals surface area contributed by atoms with E-state index >= 15 is 0 Å². The molecule has 2 atom stereocenters. The van der Waals surface area contributed by atoms with Crippen molar-refractivity contribution in [3.05, 3.63) is 28.7 Å². The lowest BCUT2D eigenvalue weighted by Crippen LogP contribution is -2.70. The van der Waals surface area contributed by atoms with Gasteiger partial charge in [-0.3, -0.25) is 19.2 Å². The van der Waals surface area contributed by atoms with E-state index in [4.69, 9.17) is 0 Å². The Morgan fingerprint density at radius 2 is 2.17 bits per heavy atom. The number of hydrogen-bond donors (Lipinski definition) is 2. The van der Waals surface area contributed by atoms with Crippen molar-refractivity contribution < 1.29 is 19.5 Å². The first kappa shape index (κ1) is 16.6. The molecule has 2 amide bonds. The van der Waals surface area contributed by atoms with E-state index in [1.54, 1.807) is 18.5 Å². The number of carboxylic acid groups (broad SMARTS) is 1. The number of amides is 2. The van der Waals surface area contributed by atoms with Gasteiger partial charge in [-0.15, -0.1) is 11.8 Å². The lowest BCUT2D eigenvalue weighted by Gasteiger charge is -2.49. The van der Waals surface area contributed by atoms with Gasteiger partial charge in [-0.25, -0.2) is 4.79 Å². The highest BCUT2D eigenvalue weighted by Crippen LogP contribution is 2.40. The number of thioether (sulfide) groups is 1. The van der Waals surface area contributed by atoms with Gasteiger partial charge in [0.2, 0.25) is 0 Å². The molecule has 2 aliphatic heterocycles. The maximum atomic E-state index is 12.4. The number of β-lactam (4-membered cyclic amide) rings is 1. The quantitative estimate of drug-likeness (QED) is 0.770. The van der Waals surface area contributed by atoms with Crippen LogP contribution in [-0.4, -0.2) is 54.7 Å². The maximum Gasteiger partial charge on any atom is 0.352 e. The number of nitrogens with one attached hydrogen (secondary N) is 1. The first-order valence-corrected chi connectivity index (χ1v) is 8.62. The molecule has 1 saturated heterocycles. The van der Waals surface area contributed by atoms with Crippen molar-refractivity contribution in [1.29, 1.82) is 0 Å². The Morgan fingerprint density at radius 3 is 2.75 bits per heavy atom. The average Bonchev–Trinajstić information content (AvgIpc) is 2.92. The van der Waals surface area contributed by atoms with Crippen LogP contribution in [0.4, 0.5) is 0 Å².